The van der Waals surface area contributed by atoms with E-state index in [9.17, 15) is 4.79 Å². The van der Waals surface area contributed by atoms with Crippen molar-refractivity contribution in [2.24, 2.45) is 0 Å². The number of carbonyl (C=O) groups is 1. The van der Waals surface area contributed by atoms with Crippen molar-refractivity contribution in [3.8, 4) is 17.2 Å². The SMILES string of the molecule is COc1cc(I)c(C(=O)NC(C)(C)c2ccccc2OC)cc1OC. The average Bonchev–Trinajstić information content (AvgIpc) is 2.60. The minimum atomic E-state index is -0.611. The van der Waals surface area contributed by atoms with Gasteiger partial charge in [0.25, 0.3) is 5.91 Å². The molecule has 0 unspecified atom stereocenters. The van der Waals surface area contributed by atoms with Gasteiger partial charge in [0.2, 0.25) is 0 Å². The van der Waals surface area contributed by atoms with Gasteiger partial charge in [-0.25, -0.2) is 0 Å². The fourth-order valence-electron chi connectivity index (χ4n) is 2.61. The van der Waals surface area contributed by atoms with Crippen LogP contribution in [0.25, 0.3) is 0 Å². The Morgan fingerprint density at radius 3 is 2.12 bits per heavy atom. The summed E-state index contributed by atoms with van der Waals surface area (Å²) < 4.78 is 16.8. The maximum atomic E-state index is 12.9. The second-order valence-corrected chi connectivity index (χ2v) is 7.13. The molecule has 0 aromatic heterocycles. The normalized spacial score (nSPS) is 11.0. The molecule has 2 aromatic rings. The molecule has 0 aliphatic carbocycles. The molecule has 0 aliphatic heterocycles. The van der Waals surface area contributed by atoms with Crippen molar-refractivity contribution in [3.63, 3.8) is 0 Å². The molecule has 2 aromatic carbocycles. The highest BCUT2D eigenvalue weighted by atomic mass is 127. The van der Waals surface area contributed by atoms with Crippen molar-refractivity contribution in [1.29, 1.82) is 0 Å². The summed E-state index contributed by atoms with van der Waals surface area (Å²) in [5.74, 6) is 1.65. The summed E-state index contributed by atoms with van der Waals surface area (Å²) in [6.45, 7) is 3.88. The van der Waals surface area contributed by atoms with E-state index in [2.05, 4.69) is 27.9 Å². The topological polar surface area (TPSA) is 56.8 Å². The Balaban J connectivity index is 2.35. The van der Waals surface area contributed by atoms with Gasteiger partial charge in [-0.15, -0.1) is 0 Å². The van der Waals surface area contributed by atoms with Crippen LogP contribution in [0.4, 0.5) is 0 Å². The van der Waals surface area contributed by atoms with Gasteiger partial charge in [0.05, 0.1) is 32.4 Å². The Hall–Kier alpha value is -1.96. The van der Waals surface area contributed by atoms with E-state index in [-0.39, 0.29) is 5.91 Å². The van der Waals surface area contributed by atoms with E-state index in [1.54, 1.807) is 33.5 Å². The number of para-hydroxylation sites is 1. The highest BCUT2D eigenvalue weighted by Crippen LogP contribution is 2.33. The Morgan fingerprint density at radius 2 is 1.52 bits per heavy atom. The summed E-state index contributed by atoms with van der Waals surface area (Å²) in [5, 5.41) is 3.07. The quantitative estimate of drug-likeness (QED) is 0.670. The third-order valence-corrected chi connectivity index (χ3v) is 4.82. The third kappa shape index (κ3) is 4.18. The smallest absolute Gasteiger partial charge is 0.253 e. The molecule has 0 bridgehead atoms. The molecule has 0 fully saturated rings. The number of methoxy groups -OCH3 is 3. The number of amides is 1. The van der Waals surface area contributed by atoms with E-state index in [1.807, 2.05) is 38.1 Å². The number of hydrogen-bond donors (Lipinski definition) is 1. The number of halogens is 1. The summed E-state index contributed by atoms with van der Waals surface area (Å²) in [6.07, 6.45) is 0. The number of nitrogens with one attached hydrogen (secondary N) is 1. The molecule has 0 saturated heterocycles. The summed E-state index contributed by atoms with van der Waals surface area (Å²) in [7, 11) is 4.73. The molecular weight excluding hydrogens is 433 g/mol. The second kappa shape index (κ2) is 7.95. The van der Waals surface area contributed by atoms with Crippen LogP contribution in [0.1, 0.15) is 29.8 Å². The molecule has 0 spiro atoms. The van der Waals surface area contributed by atoms with Crippen LogP contribution in [0.5, 0.6) is 17.2 Å². The zero-order chi connectivity index (χ0) is 18.6. The standard InChI is InChI=1S/C19H22INO4/c1-19(2,13-8-6-7-9-15(13)23-3)21-18(22)12-10-16(24-4)17(25-5)11-14(12)20/h6-11H,1-5H3,(H,21,22). The van der Waals surface area contributed by atoms with Gasteiger partial charge < -0.3 is 19.5 Å². The van der Waals surface area contributed by atoms with Gasteiger partial charge in [-0.05, 0) is 54.6 Å². The predicted molar refractivity (Wildman–Crippen MR) is 106 cm³/mol. The zero-order valence-corrected chi connectivity index (χ0v) is 17.1. The number of ether oxygens (including phenoxy) is 3. The Labute approximate surface area is 161 Å². The lowest BCUT2D eigenvalue weighted by Crippen LogP contribution is -2.41. The fourth-order valence-corrected chi connectivity index (χ4v) is 3.29. The van der Waals surface area contributed by atoms with Crippen LogP contribution in [-0.4, -0.2) is 27.2 Å². The van der Waals surface area contributed by atoms with Crippen molar-refractivity contribution < 1.29 is 19.0 Å². The van der Waals surface area contributed by atoms with Gasteiger partial charge in [-0.3, -0.25) is 4.79 Å². The summed E-state index contributed by atoms with van der Waals surface area (Å²) in [6, 6.07) is 11.1. The highest BCUT2D eigenvalue weighted by Gasteiger charge is 2.28. The largest absolute Gasteiger partial charge is 0.496 e. The van der Waals surface area contributed by atoms with Crippen molar-refractivity contribution in [1.82, 2.24) is 5.32 Å². The van der Waals surface area contributed by atoms with Gasteiger partial charge in [0.1, 0.15) is 5.75 Å². The summed E-state index contributed by atoms with van der Waals surface area (Å²) in [5.41, 5.74) is 0.822. The number of hydrogen-bond acceptors (Lipinski definition) is 4. The Bertz CT molecular complexity index is 774. The summed E-state index contributed by atoms with van der Waals surface area (Å²) in [4.78, 5) is 12.9. The molecule has 0 radical (unpaired) electrons. The average molecular weight is 455 g/mol. The number of carbonyl (C=O) groups excluding carboxylic acids is 1. The maximum absolute atomic E-state index is 12.9. The first-order valence-electron chi connectivity index (χ1n) is 7.71. The van der Waals surface area contributed by atoms with E-state index in [0.29, 0.717) is 17.1 Å². The van der Waals surface area contributed by atoms with Crippen LogP contribution in [0.15, 0.2) is 36.4 Å². The molecule has 5 nitrogen and oxygen atoms in total. The molecular formula is C19H22INO4. The molecule has 0 saturated carbocycles. The first kappa shape index (κ1) is 19.4. The third-order valence-electron chi connectivity index (χ3n) is 3.92. The van der Waals surface area contributed by atoms with Crippen LogP contribution >= 0.6 is 22.6 Å². The van der Waals surface area contributed by atoms with E-state index in [0.717, 1.165) is 14.9 Å². The minimum Gasteiger partial charge on any atom is -0.496 e. The van der Waals surface area contributed by atoms with E-state index < -0.39 is 5.54 Å². The lowest BCUT2D eigenvalue weighted by molar-refractivity contribution is 0.0909. The van der Waals surface area contributed by atoms with E-state index >= 15 is 0 Å². The van der Waals surface area contributed by atoms with Crippen LogP contribution in [0, 0.1) is 3.57 Å². The number of benzene rings is 2. The van der Waals surface area contributed by atoms with Gasteiger partial charge in [-0.2, -0.15) is 0 Å². The Kier molecular flexibility index (Phi) is 6.16. The van der Waals surface area contributed by atoms with E-state index in [1.165, 1.54) is 0 Å². The second-order valence-electron chi connectivity index (χ2n) is 5.97. The van der Waals surface area contributed by atoms with Crippen LogP contribution in [0.2, 0.25) is 0 Å². The van der Waals surface area contributed by atoms with Crippen LogP contribution < -0.4 is 19.5 Å². The molecule has 0 atom stereocenters. The summed E-state index contributed by atoms with van der Waals surface area (Å²) >= 11 is 2.12. The van der Waals surface area contributed by atoms with Crippen LogP contribution in [0.3, 0.4) is 0 Å². The van der Waals surface area contributed by atoms with E-state index in [4.69, 9.17) is 14.2 Å². The van der Waals surface area contributed by atoms with Gasteiger partial charge >= 0.3 is 0 Å². The molecule has 1 amide bonds. The molecule has 1 N–H and O–H groups in total. The fraction of sp³-hybridized carbons (Fsp3) is 0.316. The van der Waals surface area contributed by atoms with Crippen molar-refractivity contribution in [2.75, 3.05) is 21.3 Å². The maximum Gasteiger partial charge on any atom is 0.253 e. The molecule has 2 rings (SSSR count). The Morgan fingerprint density at radius 1 is 0.960 bits per heavy atom. The molecule has 6 heteroatoms. The monoisotopic (exact) mass is 455 g/mol. The lowest BCUT2D eigenvalue weighted by atomic mass is 9.93. The molecule has 0 aliphatic rings. The van der Waals surface area contributed by atoms with Gasteiger partial charge in [0.15, 0.2) is 11.5 Å². The molecule has 0 heterocycles. The van der Waals surface area contributed by atoms with Gasteiger partial charge in [-0.1, -0.05) is 18.2 Å². The van der Waals surface area contributed by atoms with Crippen LogP contribution in [-0.2, 0) is 5.54 Å². The highest BCUT2D eigenvalue weighted by molar-refractivity contribution is 14.1. The lowest BCUT2D eigenvalue weighted by Gasteiger charge is -2.29. The first-order valence-corrected chi connectivity index (χ1v) is 8.79. The number of rotatable bonds is 6. The predicted octanol–water partition coefficient (Wildman–Crippen LogP) is 3.98. The minimum absolute atomic E-state index is 0.193. The van der Waals surface area contributed by atoms with Crippen molar-refractivity contribution >= 4 is 28.5 Å². The van der Waals surface area contributed by atoms with Crippen molar-refractivity contribution in [3.05, 3.63) is 51.1 Å². The molecule has 25 heavy (non-hydrogen) atoms. The zero-order valence-electron chi connectivity index (χ0n) is 15.0. The van der Waals surface area contributed by atoms with Crippen molar-refractivity contribution in [2.45, 2.75) is 19.4 Å². The molecule has 134 valence electrons. The first-order chi connectivity index (χ1) is 11.8. The van der Waals surface area contributed by atoms with Gasteiger partial charge in [0, 0.05) is 9.13 Å².